The van der Waals surface area contributed by atoms with Crippen LogP contribution in [-0.2, 0) is 33.9 Å². The summed E-state index contributed by atoms with van der Waals surface area (Å²) in [6.45, 7) is 5.29. The van der Waals surface area contributed by atoms with Crippen LogP contribution in [0.25, 0.3) is 11.3 Å². The molecule has 2 aromatic carbocycles. The van der Waals surface area contributed by atoms with Crippen LogP contribution in [0.3, 0.4) is 0 Å². The van der Waals surface area contributed by atoms with Gasteiger partial charge in [0.25, 0.3) is 0 Å². The minimum atomic E-state index is -4.40. The SMILES string of the molecule is Fc1c[c-]c(-c2ccc(C(F)(F)F)cn2)cc1.[CH2-]CS(=O)(=O)c1ccc(C)cc1.[Cl][Ir+2]. The van der Waals surface area contributed by atoms with Crippen LogP contribution >= 0.6 is 9.58 Å². The van der Waals surface area contributed by atoms with Gasteiger partial charge in [-0.2, -0.15) is 13.2 Å². The minimum absolute atomic E-state index is 0.0872. The van der Waals surface area contributed by atoms with Crippen molar-refractivity contribution in [2.24, 2.45) is 0 Å². The van der Waals surface area contributed by atoms with Crippen molar-refractivity contribution in [2.75, 3.05) is 5.75 Å². The Bertz CT molecular complexity index is 1040. The molecule has 168 valence electrons. The molecule has 0 saturated carbocycles. The second-order valence-electron chi connectivity index (χ2n) is 5.98. The zero-order chi connectivity index (χ0) is 23.7. The zero-order valence-corrected chi connectivity index (χ0v) is 20.1. The van der Waals surface area contributed by atoms with E-state index in [9.17, 15) is 26.0 Å². The molecule has 0 spiro atoms. The van der Waals surface area contributed by atoms with Crippen LogP contribution in [0.15, 0.2) is 65.7 Å². The molecule has 3 rings (SSSR count). The van der Waals surface area contributed by atoms with Crippen molar-refractivity contribution in [3.8, 4) is 11.3 Å². The van der Waals surface area contributed by atoms with Crippen molar-refractivity contribution in [1.29, 1.82) is 0 Å². The van der Waals surface area contributed by atoms with Gasteiger partial charge in [-0.1, -0.05) is 35.6 Å². The maximum absolute atomic E-state index is 12.6. The molecular weight excluding hydrogens is 634 g/mol. The van der Waals surface area contributed by atoms with Gasteiger partial charge in [0, 0.05) is 12.0 Å². The van der Waals surface area contributed by atoms with Crippen LogP contribution in [-0.4, -0.2) is 19.2 Å². The van der Waals surface area contributed by atoms with Crippen molar-refractivity contribution in [3.63, 3.8) is 0 Å². The molecule has 0 amide bonds. The van der Waals surface area contributed by atoms with E-state index in [1.807, 2.05) is 6.92 Å². The van der Waals surface area contributed by atoms with Crippen molar-refractivity contribution in [2.45, 2.75) is 18.0 Å². The van der Waals surface area contributed by atoms with Gasteiger partial charge in [0.1, 0.15) is 0 Å². The fraction of sp³-hybridized carbons (Fsp3) is 0.143. The van der Waals surface area contributed by atoms with Gasteiger partial charge in [0.05, 0.1) is 10.5 Å². The Balaban J connectivity index is 0.000000303. The molecule has 0 fully saturated rings. The molecule has 0 aliphatic carbocycles. The second-order valence-corrected chi connectivity index (χ2v) is 8.09. The third-order valence-corrected chi connectivity index (χ3v) is 5.32. The molecule has 0 unspecified atom stereocenters. The van der Waals surface area contributed by atoms with Gasteiger partial charge in [0.2, 0.25) is 0 Å². The quantitative estimate of drug-likeness (QED) is 0.258. The molecule has 0 bridgehead atoms. The Labute approximate surface area is 193 Å². The molecule has 3 nitrogen and oxygen atoms in total. The molecule has 31 heavy (non-hydrogen) atoms. The average Bonchev–Trinajstić information content (AvgIpc) is 2.76. The van der Waals surface area contributed by atoms with Gasteiger partial charge in [-0.05, 0) is 24.8 Å². The van der Waals surface area contributed by atoms with Gasteiger partial charge >= 0.3 is 33.6 Å². The van der Waals surface area contributed by atoms with Crippen LogP contribution in [0.2, 0.25) is 0 Å². The maximum atomic E-state index is 12.6. The van der Waals surface area contributed by atoms with E-state index in [1.54, 1.807) is 24.3 Å². The Hall–Kier alpha value is -1.80. The number of aromatic nitrogens is 1. The number of pyridine rings is 1. The third-order valence-electron chi connectivity index (χ3n) is 3.79. The van der Waals surface area contributed by atoms with E-state index in [1.165, 1.54) is 36.1 Å². The van der Waals surface area contributed by atoms with Crippen molar-refractivity contribution >= 4 is 19.4 Å². The first-order chi connectivity index (χ1) is 14.5. The molecule has 0 aliphatic heterocycles. The van der Waals surface area contributed by atoms with Crippen LogP contribution in [0, 0.1) is 25.7 Å². The van der Waals surface area contributed by atoms with E-state index in [0.29, 0.717) is 16.2 Å². The predicted molar refractivity (Wildman–Crippen MR) is 108 cm³/mol. The summed E-state index contributed by atoms with van der Waals surface area (Å²) >= 11 is 1.47. The summed E-state index contributed by atoms with van der Waals surface area (Å²) in [5.41, 5.74) is 1.000. The number of benzene rings is 2. The topological polar surface area (TPSA) is 47.0 Å². The van der Waals surface area contributed by atoms with Crippen molar-refractivity contribution in [1.82, 2.24) is 4.98 Å². The molecule has 10 heteroatoms. The van der Waals surface area contributed by atoms with E-state index >= 15 is 0 Å². The number of nitrogens with zero attached hydrogens (tertiary/aromatic N) is 1. The Morgan fingerprint density at radius 1 is 1.06 bits per heavy atom. The fourth-order valence-electron chi connectivity index (χ4n) is 2.15. The van der Waals surface area contributed by atoms with Crippen LogP contribution < -0.4 is 0 Å². The first-order valence-corrected chi connectivity index (χ1v) is 13.1. The molecule has 0 saturated heterocycles. The van der Waals surface area contributed by atoms with Crippen LogP contribution in [0.4, 0.5) is 17.6 Å². The van der Waals surface area contributed by atoms with Gasteiger partial charge in [-0.25, -0.2) is 8.42 Å². The van der Waals surface area contributed by atoms with Crippen molar-refractivity contribution < 1.29 is 43.9 Å². The fourth-order valence-corrected chi connectivity index (χ4v) is 2.94. The number of aryl methyl sites for hydroxylation is 1. The molecule has 0 aliphatic rings. The number of hydrogen-bond acceptors (Lipinski definition) is 3. The molecule has 0 atom stereocenters. The average molecular weight is 651 g/mol. The van der Waals surface area contributed by atoms with E-state index in [2.05, 4.69) is 27.6 Å². The summed E-state index contributed by atoms with van der Waals surface area (Å²) in [6, 6.07) is 15.2. The van der Waals surface area contributed by atoms with Crippen LogP contribution in [0.1, 0.15) is 11.1 Å². The van der Waals surface area contributed by atoms with E-state index in [0.717, 1.165) is 23.9 Å². The standard InChI is InChI=1S/C12H6F4N.C9H11O2S.ClH.Ir/c13-10-4-1-8(2-5-10)11-6-3-9(7-17-11)12(14,15)16;1-3-12(10,11)9-6-4-8(2)5-7-9;;/h1,3-7H;4-7H,1,3H2,2H3;1H;/q2*-1;;+3/p-1. The normalized spacial score (nSPS) is 11.0. The monoisotopic (exact) mass is 651 g/mol. The Kier molecular flexibility index (Phi) is 10.8. The summed E-state index contributed by atoms with van der Waals surface area (Å²) in [7, 11) is 1.51. The van der Waals surface area contributed by atoms with Gasteiger partial charge in [-0.15, -0.1) is 29.8 Å². The summed E-state index contributed by atoms with van der Waals surface area (Å²) in [5.74, 6) is -0.545. The Morgan fingerprint density at radius 3 is 2.10 bits per heavy atom. The second kappa shape index (κ2) is 12.3. The number of halogens is 5. The van der Waals surface area contributed by atoms with Crippen molar-refractivity contribution in [3.05, 3.63) is 90.7 Å². The first kappa shape index (κ1) is 27.2. The summed E-state index contributed by atoms with van der Waals surface area (Å²) in [5, 5.41) is 0. The van der Waals surface area contributed by atoms with Crippen LogP contribution in [0.5, 0.6) is 0 Å². The molecular formula is C21H17ClF4IrNO2S. The van der Waals surface area contributed by atoms with Gasteiger partial charge < -0.3 is 11.9 Å². The third kappa shape index (κ3) is 8.69. The van der Waals surface area contributed by atoms with E-state index in [4.69, 9.17) is 0 Å². The number of hydrogen-bond donors (Lipinski definition) is 0. The van der Waals surface area contributed by atoms with E-state index in [-0.39, 0.29) is 5.75 Å². The molecule has 0 N–H and O–H groups in total. The number of sulfone groups is 1. The Morgan fingerprint density at radius 2 is 1.68 bits per heavy atom. The number of alkyl halides is 3. The zero-order valence-electron chi connectivity index (χ0n) is 16.1. The first-order valence-electron chi connectivity index (χ1n) is 8.45. The molecule has 3 aromatic rings. The van der Waals surface area contributed by atoms with E-state index < -0.39 is 27.4 Å². The summed E-state index contributed by atoms with van der Waals surface area (Å²) in [6.07, 6.45) is -3.66. The molecule has 1 aromatic heterocycles. The summed E-state index contributed by atoms with van der Waals surface area (Å²) in [4.78, 5) is 4.02. The van der Waals surface area contributed by atoms with Gasteiger partial charge in [0.15, 0.2) is 9.84 Å². The number of rotatable bonds is 3. The summed E-state index contributed by atoms with van der Waals surface area (Å²) < 4.78 is 72.0. The van der Waals surface area contributed by atoms with Gasteiger partial charge in [-0.3, -0.25) is 4.39 Å². The predicted octanol–water partition coefficient (Wildman–Crippen LogP) is 6.00. The molecule has 0 radical (unpaired) electrons. The molecule has 1 heterocycles.